The zero-order chi connectivity index (χ0) is 14.5. The average molecular weight is 342 g/mol. The van der Waals surface area contributed by atoms with Gasteiger partial charge < -0.3 is 14.8 Å². The fraction of sp³-hybridized carbons (Fsp3) is 0.625. The number of rotatable bonds is 5. The van der Waals surface area contributed by atoms with Crippen molar-refractivity contribution in [2.24, 2.45) is 5.92 Å². The molecule has 1 aliphatic rings. The normalized spacial score (nSPS) is 22.6. The van der Waals surface area contributed by atoms with Crippen LogP contribution in [0, 0.1) is 5.92 Å². The van der Waals surface area contributed by atoms with Crippen LogP contribution < -0.4 is 14.8 Å². The van der Waals surface area contributed by atoms with Crippen molar-refractivity contribution in [1.29, 1.82) is 0 Å². The Labute approximate surface area is 130 Å². The highest BCUT2D eigenvalue weighted by Crippen LogP contribution is 2.33. The summed E-state index contributed by atoms with van der Waals surface area (Å²) in [6, 6.07) is 4.65. The van der Waals surface area contributed by atoms with Gasteiger partial charge in [-0.2, -0.15) is 0 Å². The lowest BCUT2D eigenvalue weighted by atomic mass is 9.86. The maximum Gasteiger partial charge on any atom is 0.161 e. The molecule has 4 heteroatoms. The molecular weight excluding hydrogens is 318 g/mol. The highest BCUT2D eigenvalue weighted by molar-refractivity contribution is 9.10. The number of halogens is 1. The molecule has 2 atom stereocenters. The number of methoxy groups -OCH3 is 2. The highest BCUT2D eigenvalue weighted by Gasteiger charge is 2.21. The van der Waals surface area contributed by atoms with Crippen molar-refractivity contribution in [3.63, 3.8) is 0 Å². The smallest absolute Gasteiger partial charge is 0.161 e. The molecule has 0 heterocycles. The van der Waals surface area contributed by atoms with Crippen molar-refractivity contribution >= 4 is 15.9 Å². The van der Waals surface area contributed by atoms with Gasteiger partial charge in [0.1, 0.15) is 0 Å². The quantitative estimate of drug-likeness (QED) is 0.873. The van der Waals surface area contributed by atoms with Crippen LogP contribution in [-0.4, -0.2) is 20.3 Å². The third-order valence-corrected chi connectivity index (χ3v) is 4.96. The Morgan fingerprint density at radius 2 is 1.80 bits per heavy atom. The second-order valence-electron chi connectivity index (χ2n) is 5.55. The Kier molecular flexibility index (Phi) is 5.73. The molecule has 2 rings (SSSR count). The van der Waals surface area contributed by atoms with E-state index in [9.17, 15) is 0 Å². The Balaban J connectivity index is 2.05. The van der Waals surface area contributed by atoms with Gasteiger partial charge >= 0.3 is 0 Å². The van der Waals surface area contributed by atoms with E-state index in [2.05, 4.69) is 28.2 Å². The Morgan fingerprint density at radius 1 is 1.15 bits per heavy atom. The monoisotopic (exact) mass is 341 g/mol. The molecule has 0 radical (unpaired) electrons. The second-order valence-corrected chi connectivity index (χ2v) is 6.40. The third-order valence-electron chi connectivity index (χ3n) is 4.22. The van der Waals surface area contributed by atoms with Crippen LogP contribution in [0.1, 0.15) is 38.2 Å². The Morgan fingerprint density at radius 3 is 2.45 bits per heavy atom. The van der Waals surface area contributed by atoms with E-state index in [1.54, 1.807) is 14.2 Å². The van der Waals surface area contributed by atoms with E-state index in [1.165, 1.54) is 31.2 Å². The lowest BCUT2D eigenvalue weighted by molar-refractivity contribution is 0.279. The number of ether oxygens (including phenoxy) is 2. The van der Waals surface area contributed by atoms with E-state index in [-0.39, 0.29) is 0 Å². The largest absolute Gasteiger partial charge is 0.493 e. The van der Waals surface area contributed by atoms with Crippen molar-refractivity contribution in [2.45, 2.75) is 45.2 Å². The van der Waals surface area contributed by atoms with Crippen molar-refractivity contribution in [3.05, 3.63) is 22.2 Å². The van der Waals surface area contributed by atoms with Crippen molar-refractivity contribution in [2.75, 3.05) is 14.2 Å². The molecule has 0 amide bonds. The Bertz CT molecular complexity index is 450. The SMILES string of the molecule is COc1cc(Br)c(CN[C@@H]2CCCC[C@@H]2C)cc1OC. The minimum atomic E-state index is 0.628. The molecule has 0 bridgehead atoms. The third kappa shape index (κ3) is 3.67. The summed E-state index contributed by atoms with van der Waals surface area (Å²) in [5, 5.41) is 3.69. The number of nitrogens with one attached hydrogen (secondary N) is 1. The summed E-state index contributed by atoms with van der Waals surface area (Å²) in [5.74, 6) is 2.31. The highest BCUT2D eigenvalue weighted by atomic mass is 79.9. The van der Waals surface area contributed by atoms with Gasteiger partial charge in [-0.3, -0.25) is 0 Å². The van der Waals surface area contributed by atoms with Crippen LogP contribution >= 0.6 is 15.9 Å². The van der Waals surface area contributed by atoms with Crippen molar-refractivity contribution in [1.82, 2.24) is 5.32 Å². The molecule has 1 aromatic carbocycles. The predicted molar refractivity (Wildman–Crippen MR) is 85.5 cm³/mol. The standard InChI is InChI=1S/C16H24BrNO2/c1-11-6-4-5-7-14(11)18-10-12-8-15(19-2)16(20-3)9-13(12)17/h8-9,11,14,18H,4-7,10H2,1-3H3/t11-,14+/m0/s1. The summed E-state index contributed by atoms with van der Waals surface area (Å²) in [7, 11) is 3.33. The first-order valence-corrected chi connectivity index (χ1v) is 8.08. The molecule has 1 aliphatic carbocycles. The lowest BCUT2D eigenvalue weighted by Crippen LogP contribution is -2.36. The zero-order valence-corrected chi connectivity index (χ0v) is 14.1. The van der Waals surface area contributed by atoms with Crippen molar-refractivity contribution in [3.8, 4) is 11.5 Å². The van der Waals surface area contributed by atoms with Crippen LogP contribution in [0.2, 0.25) is 0 Å². The maximum atomic E-state index is 5.37. The topological polar surface area (TPSA) is 30.5 Å². The first kappa shape index (κ1) is 15.6. The van der Waals surface area contributed by atoms with Crippen LogP contribution in [0.15, 0.2) is 16.6 Å². The first-order chi connectivity index (χ1) is 9.65. The number of hydrogen-bond donors (Lipinski definition) is 1. The van der Waals surface area contributed by atoms with Gasteiger partial charge in [0.25, 0.3) is 0 Å². The minimum Gasteiger partial charge on any atom is -0.493 e. The van der Waals surface area contributed by atoms with E-state index in [0.717, 1.165) is 28.4 Å². The first-order valence-electron chi connectivity index (χ1n) is 7.29. The molecule has 20 heavy (non-hydrogen) atoms. The molecule has 1 fully saturated rings. The Hall–Kier alpha value is -0.740. The maximum absolute atomic E-state index is 5.37. The number of benzene rings is 1. The van der Waals surface area contributed by atoms with E-state index in [4.69, 9.17) is 9.47 Å². The van der Waals surface area contributed by atoms with Gasteiger partial charge in [-0.1, -0.05) is 35.7 Å². The molecule has 112 valence electrons. The van der Waals surface area contributed by atoms with Crippen LogP contribution in [0.5, 0.6) is 11.5 Å². The molecule has 0 spiro atoms. The average Bonchev–Trinajstić information content (AvgIpc) is 2.47. The fourth-order valence-electron chi connectivity index (χ4n) is 2.89. The molecule has 0 unspecified atom stereocenters. The van der Waals surface area contributed by atoms with E-state index in [1.807, 2.05) is 12.1 Å². The van der Waals surface area contributed by atoms with Gasteiger partial charge in [-0.15, -0.1) is 0 Å². The van der Waals surface area contributed by atoms with Gasteiger partial charge in [0, 0.05) is 17.1 Å². The van der Waals surface area contributed by atoms with Crippen LogP contribution in [0.25, 0.3) is 0 Å². The zero-order valence-electron chi connectivity index (χ0n) is 12.5. The summed E-state index contributed by atoms with van der Waals surface area (Å²) in [6.07, 6.45) is 5.34. The van der Waals surface area contributed by atoms with Crippen LogP contribution in [0.4, 0.5) is 0 Å². The van der Waals surface area contributed by atoms with Crippen LogP contribution in [0.3, 0.4) is 0 Å². The fourth-order valence-corrected chi connectivity index (χ4v) is 3.35. The summed E-state index contributed by atoms with van der Waals surface area (Å²) in [5.41, 5.74) is 1.21. The van der Waals surface area contributed by atoms with Gasteiger partial charge in [-0.25, -0.2) is 0 Å². The van der Waals surface area contributed by atoms with E-state index in [0.29, 0.717) is 6.04 Å². The minimum absolute atomic E-state index is 0.628. The predicted octanol–water partition coefficient (Wildman–Crippen LogP) is 4.13. The summed E-state index contributed by atoms with van der Waals surface area (Å²) >= 11 is 3.62. The van der Waals surface area contributed by atoms with Gasteiger partial charge in [-0.05, 0) is 36.5 Å². The van der Waals surface area contributed by atoms with Gasteiger partial charge in [0.2, 0.25) is 0 Å². The van der Waals surface area contributed by atoms with E-state index >= 15 is 0 Å². The summed E-state index contributed by atoms with van der Waals surface area (Å²) < 4.78 is 11.7. The second kappa shape index (κ2) is 7.32. The molecule has 0 aliphatic heterocycles. The van der Waals surface area contributed by atoms with Crippen molar-refractivity contribution < 1.29 is 9.47 Å². The molecule has 1 aromatic rings. The summed E-state index contributed by atoms with van der Waals surface area (Å²) in [6.45, 7) is 3.20. The van der Waals surface area contributed by atoms with Crippen LogP contribution in [-0.2, 0) is 6.54 Å². The molecule has 0 saturated heterocycles. The molecule has 1 N–H and O–H groups in total. The van der Waals surface area contributed by atoms with E-state index < -0.39 is 0 Å². The molecule has 1 saturated carbocycles. The number of hydrogen-bond acceptors (Lipinski definition) is 3. The van der Waals surface area contributed by atoms with Gasteiger partial charge in [0.15, 0.2) is 11.5 Å². The summed E-state index contributed by atoms with van der Waals surface area (Å²) in [4.78, 5) is 0. The molecule has 0 aromatic heterocycles. The lowest BCUT2D eigenvalue weighted by Gasteiger charge is -2.30. The molecule has 3 nitrogen and oxygen atoms in total. The molecular formula is C16H24BrNO2. The van der Waals surface area contributed by atoms with Gasteiger partial charge in [0.05, 0.1) is 14.2 Å².